The maximum atomic E-state index is 9.15. The number of nitrogens with one attached hydrogen (secondary N) is 1. The fourth-order valence-corrected chi connectivity index (χ4v) is 1.92. The molecule has 0 fully saturated rings. The topological polar surface area (TPSA) is 77.4 Å². The van der Waals surface area contributed by atoms with Gasteiger partial charge in [0.1, 0.15) is 0 Å². The van der Waals surface area contributed by atoms with Crippen LogP contribution in [0.3, 0.4) is 0 Å². The van der Waals surface area contributed by atoms with Gasteiger partial charge in [0.25, 0.3) is 0 Å². The fraction of sp³-hybridized carbons (Fsp3) is 0. The molecule has 2 aromatic carbocycles. The number of nitriles is 1. The molecular weight excluding hydrogens is 309 g/mol. The highest BCUT2D eigenvalue weighted by Gasteiger charge is 2.07. The predicted molar refractivity (Wildman–Crippen MR) is 85.3 cm³/mol. The predicted octanol–water partition coefficient (Wildman–Crippen LogP) is 3.75. The molecule has 0 saturated heterocycles. The van der Waals surface area contributed by atoms with Crippen molar-refractivity contribution >= 4 is 40.5 Å². The third-order valence-electron chi connectivity index (χ3n) is 2.45. The number of guanidine groups is 1. The lowest BCUT2D eigenvalue weighted by atomic mass is 10.3. The van der Waals surface area contributed by atoms with Crippen LogP contribution in [0.1, 0.15) is 0 Å². The monoisotopic (exact) mass is 319 g/mol. The van der Waals surface area contributed by atoms with E-state index in [4.69, 9.17) is 34.2 Å². The molecule has 0 unspecified atom stereocenters. The van der Waals surface area contributed by atoms with Gasteiger partial charge in [0.15, 0.2) is 0 Å². The Hall–Kier alpha value is -2.42. The summed E-state index contributed by atoms with van der Waals surface area (Å²) in [6.07, 6.45) is 1.89. The fourth-order valence-electron chi connectivity index (χ4n) is 1.55. The number of nitrogens with zero attached hydrogens (tertiary/aromatic N) is 3. The molecule has 5 nitrogen and oxygen atoms in total. The first-order valence-corrected chi connectivity index (χ1v) is 6.66. The van der Waals surface area contributed by atoms with Gasteiger partial charge in [0.05, 0.1) is 11.4 Å². The van der Waals surface area contributed by atoms with E-state index in [9.17, 15) is 0 Å². The van der Waals surface area contributed by atoms with E-state index in [0.29, 0.717) is 21.4 Å². The van der Waals surface area contributed by atoms with E-state index in [1.165, 1.54) is 0 Å². The van der Waals surface area contributed by atoms with Gasteiger partial charge in [-0.2, -0.15) is 10.3 Å². The highest BCUT2D eigenvalue weighted by atomic mass is 35.5. The molecule has 0 atom stereocenters. The molecule has 3 N–H and O–H groups in total. The lowest BCUT2D eigenvalue weighted by Gasteiger charge is -2.16. The lowest BCUT2D eigenvalue weighted by molar-refractivity contribution is 0.684. The molecule has 0 radical (unpaired) electrons. The quantitative estimate of drug-likeness (QED) is 0.297. The summed E-state index contributed by atoms with van der Waals surface area (Å²) in [7, 11) is 0. The first-order chi connectivity index (χ1) is 10.1. The Kier molecular flexibility index (Phi) is 4.88. The van der Waals surface area contributed by atoms with Crippen LogP contribution in [0.5, 0.6) is 0 Å². The standard InChI is InChI=1S/C14H11Cl2N5/c15-10-3-1-5-12(7-10)19-14(18)21(9-17)20-13-6-2-4-11(16)8-13/h1-8,20H,(H2,18,19). The number of halogens is 2. The molecule has 21 heavy (non-hydrogen) atoms. The molecular formula is C14H11Cl2N5. The zero-order valence-corrected chi connectivity index (χ0v) is 12.3. The summed E-state index contributed by atoms with van der Waals surface area (Å²) >= 11 is 11.8. The normalized spacial score (nSPS) is 10.8. The number of rotatable bonds is 3. The molecule has 0 saturated carbocycles. The first kappa shape index (κ1) is 15.0. The summed E-state index contributed by atoms with van der Waals surface area (Å²) < 4.78 is 0. The largest absolute Gasteiger partial charge is 0.367 e. The van der Waals surface area contributed by atoms with Gasteiger partial charge in [-0.25, -0.2) is 4.99 Å². The van der Waals surface area contributed by atoms with Crippen molar-refractivity contribution in [1.29, 1.82) is 5.26 Å². The minimum atomic E-state index is -0.0141. The Labute approximate surface area is 132 Å². The van der Waals surface area contributed by atoms with Gasteiger partial charge in [-0.3, -0.25) is 5.43 Å². The average Bonchev–Trinajstić information content (AvgIpc) is 2.44. The van der Waals surface area contributed by atoms with Crippen LogP contribution in [-0.2, 0) is 0 Å². The van der Waals surface area contributed by atoms with Gasteiger partial charge in [-0.15, -0.1) is 0 Å². The van der Waals surface area contributed by atoms with Crippen LogP contribution in [0.4, 0.5) is 11.4 Å². The number of benzene rings is 2. The second-order valence-corrected chi connectivity index (χ2v) is 4.88. The molecule has 0 amide bonds. The van der Waals surface area contributed by atoms with Gasteiger partial charge < -0.3 is 5.73 Å². The van der Waals surface area contributed by atoms with Crippen molar-refractivity contribution in [3.8, 4) is 6.19 Å². The molecule has 0 aliphatic rings. The molecule has 0 aliphatic carbocycles. The molecule has 0 bridgehead atoms. The number of hydrazine groups is 1. The molecule has 2 aromatic rings. The van der Waals surface area contributed by atoms with E-state index in [1.54, 1.807) is 48.5 Å². The summed E-state index contributed by atoms with van der Waals surface area (Å²) in [5.74, 6) is -0.0141. The molecule has 0 spiro atoms. The number of nitrogens with two attached hydrogens (primary N) is 1. The van der Waals surface area contributed by atoms with Crippen LogP contribution >= 0.6 is 23.2 Å². The number of hydrogen-bond acceptors (Lipinski definition) is 3. The minimum absolute atomic E-state index is 0.0141. The van der Waals surface area contributed by atoms with E-state index < -0.39 is 0 Å². The zero-order valence-electron chi connectivity index (χ0n) is 10.8. The Morgan fingerprint density at radius 2 is 1.81 bits per heavy atom. The third-order valence-corrected chi connectivity index (χ3v) is 2.92. The van der Waals surface area contributed by atoms with Crippen molar-refractivity contribution in [3.05, 3.63) is 58.6 Å². The van der Waals surface area contributed by atoms with Crippen molar-refractivity contribution in [2.45, 2.75) is 0 Å². The Morgan fingerprint density at radius 3 is 2.43 bits per heavy atom. The number of hydrogen-bond donors (Lipinski definition) is 2. The van der Waals surface area contributed by atoms with Crippen molar-refractivity contribution in [3.63, 3.8) is 0 Å². The molecule has 2 rings (SSSR count). The molecule has 0 aliphatic heterocycles. The highest BCUT2D eigenvalue weighted by Crippen LogP contribution is 2.19. The van der Waals surface area contributed by atoms with Crippen molar-refractivity contribution < 1.29 is 0 Å². The maximum absolute atomic E-state index is 9.15. The molecule has 106 valence electrons. The van der Waals surface area contributed by atoms with E-state index in [2.05, 4.69) is 10.4 Å². The van der Waals surface area contributed by atoms with E-state index in [1.807, 2.05) is 6.19 Å². The van der Waals surface area contributed by atoms with E-state index in [0.717, 1.165) is 5.01 Å². The third kappa shape index (κ3) is 4.28. The van der Waals surface area contributed by atoms with E-state index in [-0.39, 0.29) is 5.96 Å². The Morgan fingerprint density at radius 1 is 1.14 bits per heavy atom. The molecule has 7 heteroatoms. The van der Waals surface area contributed by atoms with Crippen LogP contribution in [0.25, 0.3) is 0 Å². The van der Waals surface area contributed by atoms with Crippen LogP contribution in [0, 0.1) is 11.5 Å². The van der Waals surface area contributed by atoms with Gasteiger partial charge in [0, 0.05) is 10.0 Å². The van der Waals surface area contributed by atoms with Crippen LogP contribution < -0.4 is 11.2 Å². The van der Waals surface area contributed by atoms with Crippen LogP contribution in [0.2, 0.25) is 10.0 Å². The van der Waals surface area contributed by atoms with Crippen molar-refractivity contribution in [2.75, 3.05) is 5.43 Å². The van der Waals surface area contributed by atoms with E-state index >= 15 is 0 Å². The van der Waals surface area contributed by atoms with Crippen molar-refractivity contribution in [1.82, 2.24) is 5.01 Å². The summed E-state index contributed by atoms with van der Waals surface area (Å²) in [5.41, 5.74) is 9.78. The lowest BCUT2D eigenvalue weighted by Crippen LogP contribution is -2.37. The summed E-state index contributed by atoms with van der Waals surface area (Å²) in [4.78, 5) is 4.13. The van der Waals surface area contributed by atoms with Crippen LogP contribution in [0.15, 0.2) is 53.5 Å². The number of anilines is 1. The maximum Gasteiger partial charge on any atom is 0.230 e. The van der Waals surface area contributed by atoms with Crippen molar-refractivity contribution in [2.24, 2.45) is 10.7 Å². The minimum Gasteiger partial charge on any atom is -0.367 e. The number of aliphatic imine (C=N–C) groups is 1. The summed E-state index contributed by atoms with van der Waals surface area (Å²) in [5, 5.41) is 11.3. The highest BCUT2D eigenvalue weighted by molar-refractivity contribution is 6.31. The summed E-state index contributed by atoms with van der Waals surface area (Å²) in [6.45, 7) is 0. The van der Waals surface area contributed by atoms with Gasteiger partial charge >= 0.3 is 0 Å². The second-order valence-electron chi connectivity index (χ2n) is 4.01. The van der Waals surface area contributed by atoms with Crippen LogP contribution in [-0.4, -0.2) is 11.0 Å². The average molecular weight is 320 g/mol. The smallest absolute Gasteiger partial charge is 0.230 e. The molecule has 0 aromatic heterocycles. The SMILES string of the molecule is N#CN(Nc1cccc(Cl)c1)C(N)=Nc1cccc(Cl)c1. The van der Waals surface area contributed by atoms with Gasteiger partial charge in [-0.05, 0) is 36.4 Å². The Balaban J connectivity index is 2.19. The molecule has 0 heterocycles. The van der Waals surface area contributed by atoms with Gasteiger partial charge in [0.2, 0.25) is 12.2 Å². The summed E-state index contributed by atoms with van der Waals surface area (Å²) in [6, 6.07) is 13.7. The Bertz CT molecular complexity index is 709. The second kappa shape index (κ2) is 6.84. The first-order valence-electron chi connectivity index (χ1n) is 5.90. The van der Waals surface area contributed by atoms with Gasteiger partial charge in [-0.1, -0.05) is 35.3 Å². The zero-order chi connectivity index (χ0) is 15.2.